The first kappa shape index (κ1) is 7.14. The average molecular weight is 114 g/mol. The molecule has 0 unspecified atom stereocenters. The summed E-state index contributed by atoms with van der Waals surface area (Å²) in [6.07, 6.45) is 1.29. The van der Waals surface area contributed by atoms with Crippen LogP contribution in [0.3, 0.4) is 0 Å². The number of carbonyl (C=O) groups excluding carboxylic acids is 1. The topological polar surface area (TPSA) is 53.0 Å². The SMILES string of the molecule is CCNC(=O)CC=N. The minimum absolute atomic E-state index is 0.0810. The molecule has 46 valence electrons. The largest absolute Gasteiger partial charge is 0.356 e. The number of carbonyl (C=O) groups is 1. The van der Waals surface area contributed by atoms with E-state index in [1.54, 1.807) is 0 Å². The standard InChI is InChI=1S/C5H10N2O/c1-2-7-5(8)3-4-6/h4,6H,2-3H2,1H3,(H,7,8). The molecule has 0 fully saturated rings. The Labute approximate surface area is 48.6 Å². The summed E-state index contributed by atoms with van der Waals surface area (Å²) in [7, 11) is 0. The highest BCUT2D eigenvalue weighted by molar-refractivity contribution is 5.88. The van der Waals surface area contributed by atoms with Crippen molar-refractivity contribution in [2.75, 3.05) is 6.54 Å². The van der Waals surface area contributed by atoms with Gasteiger partial charge in [-0.2, -0.15) is 0 Å². The van der Waals surface area contributed by atoms with Gasteiger partial charge in [0.05, 0.1) is 6.42 Å². The van der Waals surface area contributed by atoms with Crippen LogP contribution in [0.25, 0.3) is 0 Å². The minimum atomic E-state index is -0.0810. The van der Waals surface area contributed by atoms with Crippen LogP contribution in [0.15, 0.2) is 0 Å². The Morgan fingerprint density at radius 2 is 2.50 bits per heavy atom. The van der Waals surface area contributed by atoms with E-state index in [0.29, 0.717) is 6.54 Å². The van der Waals surface area contributed by atoms with Gasteiger partial charge in [-0.25, -0.2) is 0 Å². The van der Waals surface area contributed by atoms with Gasteiger partial charge < -0.3 is 10.7 Å². The van der Waals surface area contributed by atoms with Crippen molar-refractivity contribution in [2.24, 2.45) is 0 Å². The van der Waals surface area contributed by atoms with Gasteiger partial charge in [0, 0.05) is 12.8 Å². The third-order valence-electron chi connectivity index (χ3n) is 0.661. The van der Waals surface area contributed by atoms with E-state index in [0.717, 1.165) is 6.21 Å². The van der Waals surface area contributed by atoms with Gasteiger partial charge in [0.2, 0.25) is 5.91 Å². The van der Waals surface area contributed by atoms with Gasteiger partial charge in [-0.1, -0.05) is 0 Å². The van der Waals surface area contributed by atoms with E-state index >= 15 is 0 Å². The molecule has 0 radical (unpaired) electrons. The summed E-state index contributed by atoms with van der Waals surface area (Å²) in [6, 6.07) is 0. The van der Waals surface area contributed by atoms with Crippen molar-refractivity contribution < 1.29 is 4.79 Å². The van der Waals surface area contributed by atoms with E-state index in [1.807, 2.05) is 6.92 Å². The Bertz CT molecular complexity index is 90.4. The second-order valence-corrected chi connectivity index (χ2v) is 1.36. The maximum atomic E-state index is 10.4. The molecule has 1 amide bonds. The molecular formula is C5H10N2O. The molecule has 0 aliphatic carbocycles. The second kappa shape index (κ2) is 4.30. The normalized spacial score (nSPS) is 8.12. The van der Waals surface area contributed by atoms with E-state index in [2.05, 4.69) is 5.32 Å². The van der Waals surface area contributed by atoms with E-state index in [1.165, 1.54) is 0 Å². The lowest BCUT2D eigenvalue weighted by Crippen LogP contribution is -2.22. The Morgan fingerprint density at radius 3 is 2.88 bits per heavy atom. The molecule has 0 saturated heterocycles. The summed E-state index contributed by atoms with van der Waals surface area (Å²) in [5.41, 5.74) is 0. The lowest BCUT2D eigenvalue weighted by atomic mass is 10.4. The molecule has 0 heterocycles. The molecule has 0 aromatic heterocycles. The number of hydrogen-bond acceptors (Lipinski definition) is 2. The van der Waals surface area contributed by atoms with Crippen molar-refractivity contribution in [1.82, 2.24) is 5.32 Å². The Morgan fingerprint density at radius 1 is 1.88 bits per heavy atom. The highest BCUT2D eigenvalue weighted by Gasteiger charge is 1.91. The first-order chi connectivity index (χ1) is 3.81. The van der Waals surface area contributed by atoms with E-state index in [4.69, 9.17) is 5.41 Å². The summed E-state index contributed by atoms with van der Waals surface area (Å²) < 4.78 is 0. The van der Waals surface area contributed by atoms with Crippen LogP contribution in [-0.4, -0.2) is 18.7 Å². The van der Waals surface area contributed by atoms with Crippen LogP contribution in [0.5, 0.6) is 0 Å². The van der Waals surface area contributed by atoms with Crippen LogP contribution in [0.2, 0.25) is 0 Å². The molecule has 3 nitrogen and oxygen atoms in total. The molecule has 0 atom stereocenters. The van der Waals surface area contributed by atoms with Crippen LogP contribution in [0.4, 0.5) is 0 Å². The van der Waals surface area contributed by atoms with E-state index in [9.17, 15) is 4.79 Å². The molecule has 2 N–H and O–H groups in total. The van der Waals surface area contributed by atoms with Crippen molar-refractivity contribution in [3.05, 3.63) is 0 Å². The maximum Gasteiger partial charge on any atom is 0.225 e. The number of nitrogens with one attached hydrogen (secondary N) is 2. The zero-order chi connectivity index (χ0) is 6.41. The van der Waals surface area contributed by atoms with Gasteiger partial charge in [0.15, 0.2) is 0 Å². The van der Waals surface area contributed by atoms with Gasteiger partial charge in [0.1, 0.15) is 0 Å². The zero-order valence-corrected chi connectivity index (χ0v) is 4.90. The Hall–Kier alpha value is -0.860. The fourth-order valence-electron chi connectivity index (χ4n) is 0.362. The van der Waals surface area contributed by atoms with Crippen molar-refractivity contribution in [3.63, 3.8) is 0 Å². The first-order valence-corrected chi connectivity index (χ1v) is 2.57. The highest BCUT2D eigenvalue weighted by Crippen LogP contribution is 1.69. The van der Waals surface area contributed by atoms with Gasteiger partial charge in [-0.3, -0.25) is 4.79 Å². The fraction of sp³-hybridized carbons (Fsp3) is 0.600. The third-order valence-corrected chi connectivity index (χ3v) is 0.661. The molecule has 8 heavy (non-hydrogen) atoms. The minimum Gasteiger partial charge on any atom is -0.356 e. The van der Waals surface area contributed by atoms with Gasteiger partial charge >= 0.3 is 0 Å². The van der Waals surface area contributed by atoms with Crippen molar-refractivity contribution in [3.8, 4) is 0 Å². The number of amides is 1. The number of rotatable bonds is 3. The summed E-state index contributed by atoms with van der Waals surface area (Å²) in [6.45, 7) is 2.49. The molecule has 3 heteroatoms. The van der Waals surface area contributed by atoms with E-state index in [-0.39, 0.29) is 12.3 Å². The van der Waals surface area contributed by atoms with Gasteiger partial charge in [-0.15, -0.1) is 0 Å². The molecular weight excluding hydrogens is 104 g/mol. The molecule has 0 aromatic carbocycles. The monoisotopic (exact) mass is 114 g/mol. The van der Waals surface area contributed by atoms with Crippen LogP contribution in [0.1, 0.15) is 13.3 Å². The quantitative estimate of drug-likeness (QED) is 0.504. The summed E-state index contributed by atoms with van der Waals surface area (Å²) in [5, 5.41) is 9.08. The fourth-order valence-corrected chi connectivity index (χ4v) is 0.362. The molecule has 0 aromatic rings. The summed E-state index contributed by atoms with van der Waals surface area (Å²) in [5.74, 6) is -0.0810. The predicted molar refractivity (Wildman–Crippen MR) is 32.1 cm³/mol. The molecule has 0 saturated carbocycles. The molecule has 0 aliphatic rings. The first-order valence-electron chi connectivity index (χ1n) is 2.57. The van der Waals surface area contributed by atoms with Crippen molar-refractivity contribution in [1.29, 1.82) is 5.41 Å². The van der Waals surface area contributed by atoms with Gasteiger partial charge in [0.25, 0.3) is 0 Å². The summed E-state index contributed by atoms with van der Waals surface area (Å²) in [4.78, 5) is 10.4. The lowest BCUT2D eigenvalue weighted by Gasteiger charge is -1.94. The lowest BCUT2D eigenvalue weighted by molar-refractivity contribution is -0.119. The second-order valence-electron chi connectivity index (χ2n) is 1.36. The molecule has 0 bridgehead atoms. The molecule has 0 spiro atoms. The van der Waals surface area contributed by atoms with Crippen molar-refractivity contribution in [2.45, 2.75) is 13.3 Å². The van der Waals surface area contributed by atoms with Crippen LogP contribution >= 0.6 is 0 Å². The highest BCUT2D eigenvalue weighted by atomic mass is 16.1. The van der Waals surface area contributed by atoms with Gasteiger partial charge in [-0.05, 0) is 6.92 Å². The summed E-state index contributed by atoms with van der Waals surface area (Å²) >= 11 is 0. The Kier molecular flexibility index (Phi) is 3.84. The van der Waals surface area contributed by atoms with E-state index < -0.39 is 0 Å². The van der Waals surface area contributed by atoms with Crippen LogP contribution in [0, 0.1) is 5.41 Å². The smallest absolute Gasteiger partial charge is 0.225 e. The molecule has 0 aliphatic heterocycles. The Balaban J connectivity index is 3.18. The van der Waals surface area contributed by atoms with Crippen LogP contribution < -0.4 is 5.32 Å². The molecule has 0 rings (SSSR count). The average Bonchev–Trinajstić information content (AvgIpc) is 1.68. The third kappa shape index (κ3) is 3.33. The van der Waals surface area contributed by atoms with Crippen molar-refractivity contribution >= 4 is 12.1 Å². The predicted octanol–water partition coefficient (Wildman–Crippen LogP) is 0.162. The zero-order valence-electron chi connectivity index (χ0n) is 4.90. The van der Waals surface area contributed by atoms with Crippen LogP contribution in [-0.2, 0) is 4.79 Å². The maximum absolute atomic E-state index is 10.4. The number of hydrogen-bond donors (Lipinski definition) is 2.